The molecule has 0 saturated heterocycles. The second kappa shape index (κ2) is 5.18. The Morgan fingerprint density at radius 2 is 2.06 bits per heavy atom. The lowest BCUT2D eigenvalue weighted by Crippen LogP contribution is -2.18. The first-order chi connectivity index (χ1) is 7.85. The lowest BCUT2D eigenvalue weighted by atomic mass is 10.1. The monoisotopic (exact) mass is 257 g/mol. The van der Waals surface area contributed by atoms with Crippen molar-refractivity contribution in [3.05, 3.63) is 29.3 Å². The average molecular weight is 257 g/mol. The molecule has 0 saturated carbocycles. The van der Waals surface area contributed by atoms with E-state index >= 15 is 0 Å². The van der Waals surface area contributed by atoms with Crippen molar-refractivity contribution in [2.75, 3.05) is 10.5 Å². The maximum absolute atomic E-state index is 11.6. The molecule has 17 heavy (non-hydrogen) atoms. The molecule has 0 fully saturated rings. The third kappa shape index (κ3) is 3.74. The number of aryl methyl sites for hydroxylation is 1. The Balaban J connectivity index is 3.11. The fourth-order valence-electron chi connectivity index (χ4n) is 1.41. The minimum Gasteiger partial charge on any atom is -0.478 e. The van der Waals surface area contributed by atoms with Crippen LogP contribution in [0.1, 0.15) is 29.3 Å². The number of benzene rings is 1. The molecule has 0 heterocycles. The Kier molecular flexibility index (Phi) is 4.11. The molecule has 2 N–H and O–H groups in total. The minimum absolute atomic E-state index is 0.0278. The minimum atomic E-state index is -3.47. The topological polar surface area (TPSA) is 83.5 Å². The van der Waals surface area contributed by atoms with Crippen LogP contribution in [0.15, 0.2) is 18.2 Å². The normalized spacial score (nSPS) is 11.2. The van der Waals surface area contributed by atoms with Crippen LogP contribution in [0.5, 0.6) is 0 Å². The number of nitrogens with one attached hydrogen (secondary N) is 1. The van der Waals surface area contributed by atoms with Gasteiger partial charge in [-0.3, -0.25) is 4.72 Å². The molecule has 0 atom stereocenters. The van der Waals surface area contributed by atoms with Gasteiger partial charge in [0, 0.05) is 0 Å². The highest BCUT2D eigenvalue weighted by molar-refractivity contribution is 7.92. The third-order valence-corrected chi connectivity index (χ3v) is 3.62. The standard InChI is InChI=1S/C11H15NO4S/c1-3-6-17(15,16)12-10-5-4-8(2)7-9(10)11(13)14/h4-5,7,12H,3,6H2,1-2H3,(H,13,14). The van der Waals surface area contributed by atoms with Crippen LogP contribution in [0.2, 0.25) is 0 Å². The van der Waals surface area contributed by atoms with Crippen LogP contribution in [-0.4, -0.2) is 25.2 Å². The summed E-state index contributed by atoms with van der Waals surface area (Å²) < 4.78 is 25.4. The Bertz CT molecular complexity index is 522. The number of carboxylic acids is 1. The summed E-state index contributed by atoms with van der Waals surface area (Å²) in [6.45, 7) is 3.49. The zero-order valence-electron chi connectivity index (χ0n) is 9.73. The van der Waals surface area contributed by atoms with E-state index in [0.29, 0.717) is 6.42 Å². The van der Waals surface area contributed by atoms with Crippen molar-refractivity contribution >= 4 is 21.7 Å². The predicted octanol–water partition coefficient (Wildman–Crippen LogP) is 1.84. The molecule has 0 aliphatic rings. The van der Waals surface area contributed by atoms with Gasteiger partial charge in [0.1, 0.15) is 0 Å². The fraction of sp³-hybridized carbons (Fsp3) is 0.364. The summed E-state index contributed by atoms with van der Waals surface area (Å²) in [6, 6.07) is 4.56. The van der Waals surface area contributed by atoms with Gasteiger partial charge in [-0.05, 0) is 25.5 Å². The first-order valence-corrected chi connectivity index (χ1v) is 6.85. The smallest absolute Gasteiger partial charge is 0.337 e. The van der Waals surface area contributed by atoms with Gasteiger partial charge in [0.25, 0.3) is 0 Å². The predicted molar refractivity (Wildman–Crippen MR) is 65.8 cm³/mol. The third-order valence-electron chi connectivity index (χ3n) is 2.14. The molecule has 1 aromatic carbocycles. The maximum Gasteiger partial charge on any atom is 0.337 e. The van der Waals surface area contributed by atoms with Gasteiger partial charge in [-0.2, -0.15) is 0 Å². The van der Waals surface area contributed by atoms with Crippen molar-refractivity contribution in [3.63, 3.8) is 0 Å². The second-order valence-corrected chi connectivity index (χ2v) is 5.62. The van der Waals surface area contributed by atoms with Crippen LogP contribution in [0.4, 0.5) is 5.69 Å². The van der Waals surface area contributed by atoms with E-state index in [1.165, 1.54) is 12.1 Å². The van der Waals surface area contributed by atoms with Crippen LogP contribution in [-0.2, 0) is 10.0 Å². The summed E-state index contributed by atoms with van der Waals surface area (Å²) in [5.74, 6) is -1.18. The molecule has 0 unspecified atom stereocenters. The van der Waals surface area contributed by atoms with Crippen molar-refractivity contribution < 1.29 is 18.3 Å². The first-order valence-electron chi connectivity index (χ1n) is 5.20. The molecular weight excluding hydrogens is 242 g/mol. The Hall–Kier alpha value is -1.56. The molecule has 0 radical (unpaired) electrons. The van der Waals surface area contributed by atoms with E-state index in [-0.39, 0.29) is 17.0 Å². The molecule has 5 nitrogen and oxygen atoms in total. The summed E-state index contributed by atoms with van der Waals surface area (Å²) in [5, 5.41) is 8.98. The highest BCUT2D eigenvalue weighted by atomic mass is 32.2. The van der Waals surface area contributed by atoms with Crippen LogP contribution >= 0.6 is 0 Å². The number of carboxylic acid groups (broad SMARTS) is 1. The molecule has 1 aromatic rings. The maximum atomic E-state index is 11.6. The SMILES string of the molecule is CCCS(=O)(=O)Nc1ccc(C)cc1C(=O)O. The average Bonchev–Trinajstić information content (AvgIpc) is 2.20. The van der Waals surface area contributed by atoms with Gasteiger partial charge < -0.3 is 5.11 Å². The molecule has 0 amide bonds. The second-order valence-electron chi connectivity index (χ2n) is 3.78. The zero-order chi connectivity index (χ0) is 13.1. The van der Waals surface area contributed by atoms with Crippen LogP contribution in [0, 0.1) is 6.92 Å². The van der Waals surface area contributed by atoms with Gasteiger partial charge >= 0.3 is 5.97 Å². The summed E-state index contributed by atoms with van der Waals surface area (Å²) in [6.07, 6.45) is 0.476. The molecule has 0 spiro atoms. The Morgan fingerprint density at radius 1 is 1.41 bits per heavy atom. The van der Waals surface area contributed by atoms with E-state index in [1.807, 2.05) is 0 Å². The van der Waals surface area contributed by atoms with Gasteiger partial charge in [-0.15, -0.1) is 0 Å². The van der Waals surface area contributed by atoms with Crippen LogP contribution in [0.25, 0.3) is 0 Å². The summed E-state index contributed by atoms with van der Waals surface area (Å²) in [5.41, 5.74) is 0.835. The van der Waals surface area contributed by atoms with Gasteiger partial charge in [0.15, 0.2) is 0 Å². The van der Waals surface area contributed by atoms with E-state index in [9.17, 15) is 13.2 Å². The van der Waals surface area contributed by atoms with Gasteiger partial charge in [0.05, 0.1) is 17.0 Å². The number of hydrogen-bond donors (Lipinski definition) is 2. The molecule has 0 aliphatic heterocycles. The van der Waals surface area contributed by atoms with Crippen molar-refractivity contribution in [2.24, 2.45) is 0 Å². The fourth-order valence-corrected chi connectivity index (χ4v) is 2.56. The molecule has 0 aromatic heterocycles. The number of rotatable bonds is 5. The van der Waals surface area contributed by atoms with E-state index in [0.717, 1.165) is 5.56 Å². The molecule has 1 rings (SSSR count). The molecule has 0 bridgehead atoms. The largest absolute Gasteiger partial charge is 0.478 e. The zero-order valence-corrected chi connectivity index (χ0v) is 10.5. The number of carbonyl (C=O) groups is 1. The molecule has 0 aliphatic carbocycles. The van der Waals surface area contributed by atoms with Crippen molar-refractivity contribution in [2.45, 2.75) is 20.3 Å². The lowest BCUT2D eigenvalue weighted by Gasteiger charge is -2.10. The number of hydrogen-bond acceptors (Lipinski definition) is 3. The van der Waals surface area contributed by atoms with Gasteiger partial charge in [0.2, 0.25) is 10.0 Å². The summed E-state index contributed by atoms with van der Waals surface area (Å²) in [4.78, 5) is 11.0. The van der Waals surface area contributed by atoms with Crippen molar-refractivity contribution in [1.29, 1.82) is 0 Å². The number of aromatic carboxylic acids is 1. The van der Waals surface area contributed by atoms with Crippen molar-refractivity contribution in [1.82, 2.24) is 0 Å². The van der Waals surface area contributed by atoms with E-state index < -0.39 is 16.0 Å². The molecule has 6 heteroatoms. The number of sulfonamides is 1. The number of anilines is 1. The van der Waals surface area contributed by atoms with E-state index in [4.69, 9.17) is 5.11 Å². The summed E-state index contributed by atoms with van der Waals surface area (Å²) in [7, 11) is -3.47. The quantitative estimate of drug-likeness (QED) is 0.843. The highest BCUT2D eigenvalue weighted by Gasteiger charge is 2.15. The first kappa shape index (κ1) is 13.5. The van der Waals surface area contributed by atoms with Gasteiger partial charge in [-0.25, -0.2) is 13.2 Å². The molecular formula is C11H15NO4S. The molecule has 94 valence electrons. The van der Waals surface area contributed by atoms with E-state index in [1.54, 1.807) is 19.9 Å². The summed E-state index contributed by atoms with van der Waals surface area (Å²) >= 11 is 0. The van der Waals surface area contributed by atoms with Crippen LogP contribution in [0.3, 0.4) is 0 Å². The van der Waals surface area contributed by atoms with Crippen molar-refractivity contribution in [3.8, 4) is 0 Å². The Morgan fingerprint density at radius 3 is 2.59 bits per heavy atom. The van der Waals surface area contributed by atoms with E-state index in [2.05, 4.69) is 4.72 Å². The lowest BCUT2D eigenvalue weighted by molar-refractivity contribution is 0.0698. The highest BCUT2D eigenvalue weighted by Crippen LogP contribution is 2.19. The van der Waals surface area contributed by atoms with Gasteiger partial charge in [-0.1, -0.05) is 18.6 Å². The van der Waals surface area contributed by atoms with Crippen LogP contribution < -0.4 is 4.72 Å². The Labute approximate surface area is 101 Å².